The summed E-state index contributed by atoms with van der Waals surface area (Å²) in [5, 5.41) is 0. The van der Waals surface area contributed by atoms with Gasteiger partial charge in [0.15, 0.2) is 0 Å². The van der Waals surface area contributed by atoms with E-state index in [0.29, 0.717) is 12.0 Å². The van der Waals surface area contributed by atoms with Gasteiger partial charge in [-0.25, -0.2) is 0 Å². The first-order chi connectivity index (χ1) is 8.53. The molecular formula is C15H17F3. The number of hydrogen-bond acceptors (Lipinski definition) is 0. The first kappa shape index (κ1) is 14.6. The van der Waals surface area contributed by atoms with Crippen molar-refractivity contribution in [1.82, 2.24) is 0 Å². The molecule has 1 atom stereocenters. The third-order valence-electron chi connectivity index (χ3n) is 2.57. The van der Waals surface area contributed by atoms with Crippen molar-refractivity contribution in [2.24, 2.45) is 0 Å². The molecule has 0 nitrogen and oxygen atoms in total. The molecule has 0 N–H and O–H groups in total. The van der Waals surface area contributed by atoms with E-state index >= 15 is 0 Å². The zero-order chi connectivity index (χ0) is 13.4. The van der Waals surface area contributed by atoms with Crippen LogP contribution in [0.4, 0.5) is 13.2 Å². The molecule has 0 amide bonds. The lowest BCUT2D eigenvalue weighted by atomic mass is 9.96. The highest BCUT2D eigenvalue weighted by Gasteiger charge is 2.31. The van der Waals surface area contributed by atoms with Crippen LogP contribution < -0.4 is 0 Å². The summed E-state index contributed by atoms with van der Waals surface area (Å²) in [7, 11) is 0. The van der Waals surface area contributed by atoms with Gasteiger partial charge in [0.1, 0.15) is 0 Å². The molecule has 0 fully saturated rings. The van der Waals surface area contributed by atoms with E-state index < -0.39 is 18.5 Å². The normalized spacial score (nSPS) is 12.7. The van der Waals surface area contributed by atoms with Crippen LogP contribution in [0.25, 0.3) is 0 Å². The lowest BCUT2D eigenvalue weighted by Gasteiger charge is -2.13. The first-order valence-corrected chi connectivity index (χ1v) is 6.13. The highest BCUT2D eigenvalue weighted by atomic mass is 19.4. The summed E-state index contributed by atoms with van der Waals surface area (Å²) in [6.07, 6.45) is -2.46. The van der Waals surface area contributed by atoms with E-state index in [2.05, 4.69) is 11.8 Å². The smallest absolute Gasteiger partial charge is 0.171 e. The van der Waals surface area contributed by atoms with E-state index in [4.69, 9.17) is 0 Å². The third kappa shape index (κ3) is 5.77. The second-order valence-corrected chi connectivity index (χ2v) is 4.21. The van der Waals surface area contributed by atoms with Gasteiger partial charge < -0.3 is 0 Å². The topological polar surface area (TPSA) is 0 Å². The summed E-state index contributed by atoms with van der Waals surface area (Å²) in [5.74, 6) is 4.87. The van der Waals surface area contributed by atoms with Crippen molar-refractivity contribution in [2.45, 2.75) is 44.7 Å². The maximum absolute atomic E-state index is 12.5. The van der Waals surface area contributed by atoms with Crippen LogP contribution in [0.5, 0.6) is 0 Å². The van der Waals surface area contributed by atoms with Gasteiger partial charge in [0.2, 0.25) is 0 Å². The van der Waals surface area contributed by atoms with Gasteiger partial charge in [-0.1, -0.05) is 49.6 Å². The highest BCUT2D eigenvalue weighted by molar-refractivity contribution is 5.28. The Morgan fingerprint density at radius 1 is 1.17 bits per heavy atom. The summed E-state index contributed by atoms with van der Waals surface area (Å²) in [4.78, 5) is 0. The molecule has 0 spiro atoms. The van der Waals surface area contributed by atoms with Crippen molar-refractivity contribution >= 4 is 0 Å². The van der Waals surface area contributed by atoms with E-state index in [9.17, 15) is 13.2 Å². The zero-order valence-electron chi connectivity index (χ0n) is 10.4. The standard InChI is InChI=1S/C15H17F3/c1-2-3-4-6-11-14(12-15(16,17)18)13-9-7-5-8-10-13/h5,7-10,14H,2-4,12H2,1H3/t14-/m0/s1. The number of rotatable bonds is 4. The summed E-state index contributed by atoms with van der Waals surface area (Å²) in [6.45, 7) is 2.03. The van der Waals surface area contributed by atoms with Crippen molar-refractivity contribution in [3.05, 3.63) is 35.9 Å². The molecule has 1 aromatic carbocycles. The molecule has 0 bridgehead atoms. The number of alkyl halides is 3. The minimum Gasteiger partial charge on any atom is -0.171 e. The van der Waals surface area contributed by atoms with Crippen LogP contribution in [-0.4, -0.2) is 6.18 Å². The Labute approximate surface area is 106 Å². The molecule has 0 aliphatic carbocycles. The summed E-state index contributed by atoms with van der Waals surface area (Å²) in [5.41, 5.74) is 0.638. The van der Waals surface area contributed by atoms with Gasteiger partial charge >= 0.3 is 6.18 Å². The lowest BCUT2D eigenvalue weighted by molar-refractivity contribution is -0.136. The quantitative estimate of drug-likeness (QED) is 0.528. The molecular weight excluding hydrogens is 237 g/mol. The van der Waals surface area contributed by atoms with E-state index in [1.165, 1.54) is 0 Å². The molecule has 98 valence electrons. The number of halogens is 3. The molecule has 0 aliphatic rings. The van der Waals surface area contributed by atoms with Gasteiger partial charge in [0.25, 0.3) is 0 Å². The lowest BCUT2D eigenvalue weighted by Crippen LogP contribution is -2.13. The average Bonchev–Trinajstić information content (AvgIpc) is 2.33. The van der Waals surface area contributed by atoms with Crippen LogP contribution in [0.3, 0.4) is 0 Å². The van der Waals surface area contributed by atoms with Crippen LogP contribution in [0.2, 0.25) is 0 Å². The highest BCUT2D eigenvalue weighted by Crippen LogP contribution is 2.30. The molecule has 0 aliphatic heterocycles. The molecule has 18 heavy (non-hydrogen) atoms. The van der Waals surface area contributed by atoms with Crippen LogP contribution >= 0.6 is 0 Å². The van der Waals surface area contributed by atoms with Gasteiger partial charge in [-0.2, -0.15) is 13.2 Å². The summed E-state index contributed by atoms with van der Waals surface area (Å²) >= 11 is 0. The minimum absolute atomic E-state index is 0.638. The molecule has 1 aromatic rings. The second-order valence-electron chi connectivity index (χ2n) is 4.21. The van der Waals surface area contributed by atoms with E-state index in [1.54, 1.807) is 30.3 Å². The fourth-order valence-corrected chi connectivity index (χ4v) is 1.63. The van der Waals surface area contributed by atoms with E-state index in [0.717, 1.165) is 12.8 Å². The number of benzene rings is 1. The van der Waals surface area contributed by atoms with Gasteiger partial charge in [-0.3, -0.25) is 0 Å². The Morgan fingerprint density at radius 3 is 2.39 bits per heavy atom. The van der Waals surface area contributed by atoms with Crippen molar-refractivity contribution in [1.29, 1.82) is 0 Å². The van der Waals surface area contributed by atoms with Crippen LogP contribution in [-0.2, 0) is 0 Å². The molecule has 1 rings (SSSR count). The van der Waals surface area contributed by atoms with E-state index in [1.807, 2.05) is 6.92 Å². The van der Waals surface area contributed by atoms with Crippen LogP contribution in [0.1, 0.15) is 44.1 Å². The zero-order valence-corrected chi connectivity index (χ0v) is 10.4. The van der Waals surface area contributed by atoms with Crippen molar-refractivity contribution in [3.63, 3.8) is 0 Å². The maximum Gasteiger partial charge on any atom is 0.390 e. The van der Waals surface area contributed by atoms with Crippen LogP contribution in [0, 0.1) is 11.8 Å². The third-order valence-corrected chi connectivity index (χ3v) is 2.57. The molecule has 0 saturated carbocycles. The maximum atomic E-state index is 12.5. The predicted molar refractivity (Wildman–Crippen MR) is 67.2 cm³/mol. The molecule has 0 radical (unpaired) electrons. The fraction of sp³-hybridized carbons (Fsp3) is 0.467. The van der Waals surface area contributed by atoms with Gasteiger partial charge in [0.05, 0.1) is 12.3 Å². The summed E-state index contributed by atoms with van der Waals surface area (Å²) in [6, 6.07) is 8.67. The minimum atomic E-state index is -4.18. The average molecular weight is 254 g/mol. The Balaban J connectivity index is 2.78. The van der Waals surface area contributed by atoms with Gasteiger partial charge in [0, 0.05) is 6.42 Å². The van der Waals surface area contributed by atoms with Crippen molar-refractivity contribution in [3.8, 4) is 11.8 Å². The SMILES string of the molecule is CCCCC#C[C@@H](CC(F)(F)F)c1ccccc1. The Kier molecular flexibility index (Phi) is 5.77. The Hall–Kier alpha value is -1.43. The monoisotopic (exact) mass is 254 g/mol. The molecule has 0 heterocycles. The van der Waals surface area contributed by atoms with Crippen molar-refractivity contribution < 1.29 is 13.2 Å². The second kappa shape index (κ2) is 7.10. The molecule has 0 aromatic heterocycles. The molecule has 0 unspecified atom stereocenters. The fourth-order valence-electron chi connectivity index (χ4n) is 1.63. The Morgan fingerprint density at radius 2 is 1.83 bits per heavy atom. The number of unbranched alkanes of at least 4 members (excludes halogenated alkanes) is 2. The summed E-state index contributed by atoms with van der Waals surface area (Å²) < 4.78 is 37.5. The molecule has 0 saturated heterocycles. The van der Waals surface area contributed by atoms with Gasteiger partial charge in [-0.15, -0.1) is 5.92 Å². The Bertz CT molecular complexity index is 395. The number of hydrogen-bond donors (Lipinski definition) is 0. The van der Waals surface area contributed by atoms with Crippen LogP contribution in [0.15, 0.2) is 30.3 Å². The predicted octanol–water partition coefficient (Wildman–Crippen LogP) is 4.92. The van der Waals surface area contributed by atoms with Crippen molar-refractivity contribution in [2.75, 3.05) is 0 Å². The van der Waals surface area contributed by atoms with E-state index in [-0.39, 0.29) is 0 Å². The largest absolute Gasteiger partial charge is 0.390 e. The first-order valence-electron chi connectivity index (χ1n) is 6.13. The van der Waals surface area contributed by atoms with Gasteiger partial charge in [-0.05, 0) is 12.0 Å². The molecule has 3 heteroatoms.